The molecule has 0 saturated heterocycles. The number of ether oxygens (including phenoxy) is 1. The summed E-state index contributed by atoms with van der Waals surface area (Å²) in [7, 11) is 0. The number of carbonyl (C=O) groups excluding carboxylic acids is 5. The second-order valence-corrected chi connectivity index (χ2v) is 8.03. The van der Waals surface area contributed by atoms with Crippen LogP contribution in [0.1, 0.15) is 33.6 Å². The lowest BCUT2D eigenvalue weighted by atomic mass is 10.0. The van der Waals surface area contributed by atoms with E-state index in [1.54, 1.807) is 0 Å². The van der Waals surface area contributed by atoms with Crippen molar-refractivity contribution in [1.82, 2.24) is 16.0 Å². The summed E-state index contributed by atoms with van der Waals surface area (Å²) < 4.78 is 5.24. The number of carbonyl (C=O) groups is 6. The number of nitrogens with two attached hydrogens (primary N) is 1. The van der Waals surface area contributed by atoms with Gasteiger partial charge < -0.3 is 51.6 Å². The molecule has 9 N–H and O–H groups in total. The van der Waals surface area contributed by atoms with E-state index in [-0.39, 0.29) is 12.7 Å². The van der Waals surface area contributed by atoms with E-state index in [4.69, 9.17) is 20.7 Å². The van der Waals surface area contributed by atoms with Crippen molar-refractivity contribution in [1.29, 1.82) is 0 Å². The van der Waals surface area contributed by atoms with Crippen LogP contribution in [-0.4, -0.2) is 106 Å². The van der Waals surface area contributed by atoms with Gasteiger partial charge in [0.1, 0.15) is 49.3 Å². The van der Waals surface area contributed by atoms with Crippen LogP contribution < -0.4 is 21.7 Å². The predicted molar refractivity (Wildman–Crippen MR) is 117 cm³/mol. The van der Waals surface area contributed by atoms with Gasteiger partial charge in [-0.25, -0.2) is 0 Å². The molecule has 0 radical (unpaired) electrons. The molecule has 35 heavy (non-hydrogen) atoms. The number of nitrogens with one attached hydrogen (secondary N) is 3. The first-order chi connectivity index (χ1) is 16.2. The van der Waals surface area contributed by atoms with Crippen molar-refractivity contribution < 1.29 is 53.9 Å². The first-order valence-corrected chi connectivity index (χ1v) is 10.7. The number of aldehydes is 1. The normalized spacial score (nSPS) is 16.2. The predicted octanol–water partition coefficient (Wildman–Crippen LogP) is -4.23. The van der Waals surface area contributed by atoms with Crippen molar-refractivity contribution >= 4 is 35.9 Å². The number of hydrogen-bond donors (Lipinski definition) is 8. The Labute approximate surface area is 201 Å². The molecule has 6 atom stereocenters. The lowest BCUT2D eigenvalue weighted by molar-refractivity contribution is -0.147. The summed E-state index contributed by atoms with van der Waals surface area (Å²) in [6.45, 7) is 2.59. The molecule has 0 bridgehead atoms. The minimum atomic E-state index is -1.87. The Morgan fingerprint density at radius 2 is 1.60 bits per heavy atom. The van der Waals surface area contributed by atoms with Crippen molar-refractivity contribution in [2.45, 2.75) is 70.1 Å². The Morgan fingerprint density at radius 1 is 1.00 bits per heavy atom. The van der Waals surface area contributed by atoms with E-state index < -0.39 is 91.6 Å². The molecule has 0 aromatic rings. The highest BCUT2D eigenvalue weighted by Gasteiger charge is 2.35. The number of carboxylic acids is 1. The van der Waals surface area contributed by atoms with Crippen LogP contribution in [0.2, 0.25) is 0 Å². The average molecular weight is 507 g/mol. The van der Waals surface area contributed by atoms with Crippen molar-refractivity contribution in [2.24, 2.45) is 11.7 Å². The number of aliphatic carboxylic acids is 1. The third kappa shape index (κ3) is 11.7. The molecular weight excluding hydrogens is 472 g/mol. The molecule has 0 rings (SSSR count). The Kier molecular flexibility index (Phi) is 14.3. The zero-order valence-electron chi connectivity index (χ0n) is 19.7. The fourth-order valence-electron chi connectivity index (χ4n) is 2.64. The second-order valence-electron chi connectivity index (χ2n) is 8.03. The number of hydrogen-bond acceptors (Lipinski definition) is 10. The standard InChI is InChI=1S/C20H34N4O11/c1-9(2)19(33)24-12(6-25)17(16(31)13(27)7-26)35-8-14(28)22-10(3)20(34)23-11(18(21)32)4-5-15(29)30/h6,9-13,16-17,26-27,31H,4-5,7-8H2,1-3H3,(H2,21,32)(H,22,28)(H,23,34)(H,24,33)(H,29,30)/t10?,11?,12-,13+,16+,17+/m0/s1. The van der Waals surface area contributed by atoms with Gasteiger partial charge in [0.25, 0.3) is 0 Å². The topological polar surface area (TPSA) is 255 Å². The van der Waals surface area contributed by atoms with E-state index in [1.807, 2.05) is 0 Å². The highest BCUT2D eigenvalue weighted by molar-refractivity contribution is 5.91. The molecular formula is C20H34N4O11. The highest BCUT2D eigenvalue weighted by atomic mass is 16.5. The SMILES string of the molecule is CC(C)C(=O)N[C@@H](C=O)[C@@H](OCC(=O)NC(C)C(=O)NC(CCC(=O)O)C(N)=O)[C@H](O)[C@H](O)CO. The minimum Gasteiger partial charge on any atom is -0.481 e. The molecule has 0 aliphatic heterocycles. The zero-order valence-corrected chi connectivity index (χ0v) is 19.7. The third-order valence-electron chi connectivity index (χ3n) is 4.74. The van der Waals surface area contributed by atoms with Crippen LogP contribution in [0.3, 0.4) is 0 Å². The molecule has 0 saturated carbocycles. The number of primary amides is 1. The summed E-state index contributed by atoms with van der Waals surface area (Å²) >= 11 is 0. The minimum absolute atomic E-state index is 0.229. The molecule has 15 nitrogen and oxygen atoms in total. The summed E-state index contributed by atoms with van der Waals surface area (Å²) in [5, 5.41) is 44.5. The van der Waals surface area contributed by atoms with Gasteiger partial charge in [-0.05, 0) is 13.3 Å². The zero-order chi connectivity index (χ0) is 27.3. The molecule has 0 spiro atoms. The van der Waals surface area contributed by atoms with Gasteiger partial charge in [-0.2, -0.15) is 0 Å². The molecule has 0 aliphatic rings. The summed E-state index contributed by atoms with van der Waals surface area (Å²) in [6, 6.07) is -4.00. The molecule has 200 valence electrons. The molecule has 0 aromatic carbocycles. The number of amides is 4. The number of aliphatic hydroxyl groups is 3. The van der Waals surface area contributed by atoms with Gasteiger partial charge in [0.2, 0.25) is 23.6 Å². The molecule has 4 amide bonds. The van der Waals surface area contributed by atoms with Crippen molar-refractivity contribution in [3.8, 4) is 0 Å². The van der Waals surface area contributed by atoms with Gasteiger partial charge in [0.15, 0.2) is 0 Å². The fraction of sp³-hybridized carbons (Fsp3) is 0.700. The maximum Gasteiger partial charge on any atom is 0.303 e. The van der Waals surface area contributed by atoms with Gasteiger partial charge in [0.05, 0.1) is 6.61 Å². The van der Waals surface area contributed by atoms with Gasteiger partial charge in [-0.15, -0.1) is 0 Å². The largest absolute Gasteiger partial charge is 0.481 e. The van der Waals surface area contributed by atoms with Crippen molar-refractivity contribution in [2.75, 3.05) is 13.2 Å². The van der Waals surface area contributed by atoms with Gasteiger partial charge in [-0.1, -0.05) is 13.8 Å². The Balaban J connectivity index is 5.18. The monoisotopic (exact) mass is 506 g/mol. The molecule has 15 heteroatoms. The van der Waals surface area contributed by atoms with Crippen LogP contribution >= 0.6 is 0 Å². The van der Waals surface area contributed by atoms with Gasteiger partial charge in [-0.3, -0.25) is 24.0 Å². The van der Waals surface area contributed by atoms with Crippen molar-refractivity contribution in [3.05, 3.63) is 0 Å². The van der Waals surface area contributed by atoms with Crippen LogP contribution in [-0.2, 0) is 33.5 Å². The summed E-state index contributed by atoms with van der Waals surface area (Å²) in [4.78, 5) is 70.0. The molecule has 0 heterocycles. The van der Waals surface area contributed by atoms with Crippen LogP contribution in [0.25, 0.3) is 0 Å². The third-order valence-corrected chi connectivity index (χ3v) is 4.74. The summed E-state index contributed by atoms with van der Waals surface area (Å²) in [6.07, 6.45) is -5.74. The van der Waals surface area contributed by atoms with Crippen LogP contribution in [0, 0.1) is 5.92 Å². The maximum absolute atomic E-state index is 12.2. The first-order valence-electron chi connectivity index (χ1n) is 10.7. The molecule has 0 aliphatic carbocycles. The summed E-state index contributed by atoms with van der Waals surface area (Å²) in [5.41, 5.74) is 5.14. The van der Waals surface area contributed by atoms with E-state index in [1.165, 1.54) is 20.8 Å². The maximum atomic E-state index is 12.2. The Hall–Kier alpha value is -3.14. The van der Waals surface area contributed by atoms with E-state index in [0.717, 1.165) is 0 Å². The molecule has 0 aromatic heterocycles. The van der Waals surface area contributed by atoms with E-state index >= 15 is 0 Å². The van der Waals surface area contributed by atoms with Crippen molar-refractivity contribution in [3.63, 3.8) is 0 Å². The quantitative estimate of drug-likeness (QED) is 0.0877. The highest BCUT2D eigenvalue weighted by Crippen LogP contribution is 2.10. The lowest BCUT2D eigenvalue weighted by Gasteiger charge is -2.30. The lowest BCUT2D eigenvalue weighted by Crippen LogP contribution is -2.56. The summed E-state index contributed by atoms with van der Waals surface area (Å²) in [5.74, 6) is -5.06. The van der Waals surface area contributed by atoms with Crippen LogP contribution in [0.15, 0.2) is 0 Å². The van der Waals surface area contributed by atoms with Crippen LogP contribution in [0.4, 0.5) is 0 Å². The van der Waals surface area contributed by atoms with Gasteiger partial charge in [0, 0.05) is 12.3 Å². The number of aliphatic hydroxyl groups excluding tert-OH is 3. The Morgan fingerprint density at radius 3 is 2.06 bits per heavy atom. The molecule has 0 fully saturated rings. The van der Waals surface area contributed by atoms with E-state index in [2.05, 4.69) is 16.0 Å². The second kappa shape index (κ2) is 15.7. The Bertz CT molecular complexity index is 761. The smallest absolute Gasteiger partial charge is 0.303 e. The average Bonchev–Trinajstić information content (AvgIpc) is 2.79. The van der Waals surface area contributed by atoms with Gasteiger partial charge >= 0.3 is 5.97 Å². The van der Waals surface area contributed by atoms with Crippen LogP contribution in [0.5, 0.6) is 0 Å². The number of rotatable bonds is 17. The van der Waals surface area contributed by atoms with E-state index in [9.17, 15) is 39.0 Å². The molecule has 2 unspecified atom stereocenters. The van der Waals surface area contributed by atoms with E-state index in [0.29, 0.717) is 0 Å². The fourth-order valence-corrected chi connectivity index (χ4v) is 2.64. The number of carboxylic acid groups (broad SMARTS) is 1. The first kappa shape index (κ1) is 31.9.